The summed E-state index contributed by atoms with van der Waals surface area (Å²) >= 11 is 0. The topological polar surface area (TPSA) is 52.6 Å². The fourth-order valence-electron chi connectivity index (χ4n) is 3.08. The van der Waals surface area contributed by atoms with E-state index in [-0.39, 0.29) is 24.0 Å². The van der Waals surface area contributed by atoms with Gasteiger partial charge in [0.1, 0.15) is 0 Å². The third-order valence-corrected chi connectivity index (χ3v) is 4.36. The standard InChI is InChI=1S/C18H31N5.HI/c1-3-19-18(21-13-11-16-9-5-7-12-20-16)22-15-17-10-6-8-14-23(17)4-2;/h5,7,9,12,17H,3-4,6,8,10-11,13-15H2,1-2H3,(H2,19,21,22);1H. The molecule has 2 heterocycles. The van der Waals surface area contributed by atoms with E-state index in [4.69, 9.17) is 4.99 Å². The zero-order chi connectivity index (χ0) is 16.3. The lowest BCUT2D eigenvalue weighted by molar-refractivity contribution is 0.161. The molecule has 0 spiro atoms. The normalized spacial score (nSPS) is 18.8. The van der Waals surface area contributed by atoms with Gasteiger partial charge in [0.05, 0.1) is 6.54 Å². The Morgan fingerprint density at radius 3 is 2.88 bits per heavy atom. The fourth-order valence-corrected chi connectivity index (χ4v) is 3.08. The molecule has 5 nitrogen and oxygen atoms in total. The number of likely N-dealkylation sites (N-methyl/N-ethyl adjacent to an activating group) is 1. The molecule has 1 unspecified atom stereocenters. The summed E-state index contributed by atoms with van der Waals surface area (Å²) in [5, 5.41) is 6.76. The number of likely N-dealkylation sites (tertiary alicyclic amines) is 1. The van der Waals surface area contributed by atoms with Gasteiger partial charge in [0.15, 0.2) is 5.96 Å². The van der Waals surface area contributed by atoms with Gasteiger partial charge in [-0.2, -0.15) is 0 Å². The van der Waals surface area contributed by atoms with Gasteiger partial charge in [-0.15, -0.1) is 24.0 Å². The molecule has 24 heavy (non-hydrogen) atoms. The van der Waals surface area contributed by atoms with Crippen molar-refractivity contribution in [1.29, 1.82) is 0 Å². The van der Waals surface area contributed by atoms with Crippen LogP contribution in [0.1, 0.15) is 38.8 Å². The smallest absolute Gasteiger partial charge is 0.191 e. The van der Waals surface area contributed by atoms with Crippen LogP contribution < -0.4 is 10.6 Å². The molecule has 0 amide bonds. The number of nitrogens with zero attached hydrogens (tertiary/aromatic N) is 3. The Kier molecular flexibility index (Phi) is 11.0. The van der Waals surface area contributed by atoms with Crippen molar-refractivity contribution in [3.63, 3.8) is 0 Å². The zero-order valence-corrected chi connectivity index (χ0v) is 17.3. The van der Waals surface area contributed by atoms with Crippen molar-refractivity contribution in [3.8, 4) is 0 Å². The number of guanidine groups is 1. The number of aromatic nitrogens is 1. The Hall–Kier alpha value is -0.890. The second-order valence-corrected chi connectivity index (χ2v) is 6.00. The summed E-state index contributed by atoms with van der Waals surface area (Å²) in [5.74, 6) is 0.921. The molecule has 1 aromatic rings. The van der Waals surface area contributed by atoms with Crippen LogP contribution in [0.2, 0.25) is 0 Å². The van der Waals surface area contributed by atoms with E-state index in [1.54, 1.807) is 0 Å². The van der Waals surface area contributed by atoms with Crippen molar-refractivity contribution in [3.05, 3.63) is 30.1 Å². The number of nitrogens with one attached hydrogen (secondary N) is 2. The molecule has 2 rings (SSSR count). The summed E-state index contributed by atoms with van der Waals surface area (Å²) in [6.07, 6.45) is 6.69. The van der Waals surface area contributed by atoms with E-state index in [1.165, 1.54) is 25.8 Å². The van der Waals surface area contributed by atoms with Crippen molar-refractivity contribution in [2.24, 2.45) is 4.99 Å². The van der Waals surface area contributed by atoms with E-state index in [0.717, 1.165) is 44.3 Å². The van der Waals surface area contributed by atoms with Crippen LogP contribution in [0.3, 0.4) is 0 Å². The molecule has 0 bridgehead atoms. The molecule has 1 fully saturated rings. The van der Waals surface area contributed by atoms with Gasteiger partial charge in [0, 0.05) is 37.4 Å². The second kappa shape index (κ2) is 12.5. The summed E-state index contributed by atoms with van der Waals surface area (Å²) in [5.41, 5.74) is 1.11. The number of halogens is 1. The average Bonchev–Trinajstić information content (AvgIpc) is 2.61. The molecule has 6 heteroatoms. The van der Waals surface area contributed by atoms with Crippen molar-refractivity contribution in [2.75, 3.05) is 32.7 Å². The van der Waals surface area contributed by atoms with Crippen LogP contribution in [-0.4, -0.2) is 54.6 Å². The highest BCUT2D eigenvalue weighted by molar-refractivity contribution is 14.0. The monoisotopic (exact) mass is 445 g/mol. The fraction of sp³-hybridized carbons (Fsp3) is 0.667. The highest BCUT2D eigenvalue weighted by Crippen LogP contribution is 2.16. The second-order valence-electron chi connectivity index (χ2n) is 6.00. The lowest BCUT2D eigenvalue weighted by Crippen LogP contribution is -2.43. The number of pyridine rings is 1. The Labute approximate surface area is 163 Å². The first-order valence-corrected chi connectivity index (χ1v) is 8.99. The van der Waals surface area contributed by atoms with Gasteiger partial charge >= 0.3 is 0 Å². The van der Waals surface area contributed by atoms with Crippen LogP contribution in [0, 0.1) is 0 Å². The molecule has 136 valence electrons. The molecule has 1 saturated heterocycles. The molecular weight excluding hydrogens is 413 g/mol. The predicted molar refractivity (Wildman–Crippen MR) is 112 cm³/mol. The van der Waals surface area contributed by atoms with E-state index in [1.807, 2.05) is 18.3 Å². The molecule has 0 saturated carbocycles. The molecule has 0 aromatic carbocycles. The van der Waals surface area contributed by atoms with Gasteiger partial charge in [-0.1, -0.05) is 19.4 Å². The molecule has 0 radical (unpaired) electrons. The molecular formula is C18H32IN5. The van der Waals surface area contributed by atoms with Gasteiger partial charge in [0.2, 0.25) is 0 Å². The van der Waals surface area contributed by atoms with Gasteiger partial charge in [-0.3, -0.25) is 14.9 Å². The quantitative estimate of drug-likeness (QED) is 0.385. The molecule has 2 N–H and O–H groups in total. The van der Waals surface area contributed by atoms with Crippen LogP contribution in [0.25, 0.3) is 0 Å². The van der Waals surface area contributed by atoms with E-state index in [2.05, 4.69) is 40.4 Å². The summed E-state index contributed by atoms with van der Waals surface area (Å²) in [7, 11) is 0. The molecule has 0 aliphatic carbocycles. The van der Waals surface area contributed by atoms with E-state index < -0.39 is 0 Å². The van der Waals surface area contributed by atoms with Crippen molar-refractivity contribution in [1.82, 2.24) is 20.5 Å². The summed E-state index contributed by atoms with van der Waals surface area (Å²) in [6.45, 7) is 9.33. The maximum atomic E-state index is 4.80. The summed E-state index contributed by atoms with van der Waals surface area (Å²) in [6, 6.07) is 6.64. The van der Waals surface area contributed by atoms with Crippen LogP contribution in [0.15, 0.2) is 29.4 Å². The van der Waals surface area contributed by atoms with E-state index in [9.17, 15) is 0 Å². The number of rotatable bonds is 7. The van der Waals surface area contributed by atoms with Crippen LogP contribution in [0.4, 0.5) is 0 Å². The lowest BCUT2D eigenvalue weighted by atomic mass is 10.0. The van der Waals surface area contributed by atoms with Gasteiger partial charge in [-0.25, -0.2) is 0 Å². The maximum Gasteiger partial charge on any atom is 0.191 e. The average molecular weight is 445 g/mol. The Morgan fingerprint density at radius 2 is 2.17 bits per heavy atom. The van der Waals surface area contributed by atoms with Crippen molar-refractivity contribution >= 4 is 29.9 Å². The minimum absolute atomic E-state index is 0. The minimum atomic E-state index is 0. The predicted octanol–water partition coefficient (Wildman–Crippen LogP) is 2.67. The largest absolute Gasteiger partial charge is 0.357 e. The summed E-state index contributed by atoms with van der Waals surface area (Å²) in [4.78, 5) is 11.7. The Balaban J connectivity index is 0.00000288. The van der Waals surface area contributed by atoms with Crippen molar-refractivity contribution < 1.29 is 0 Å². The maximum absolute atomic E-state index is 4.80. The number of hydrogen-bond donors (Lipinski definition) is 2. The van der Waals surface area contributed by atoms with E-state index >= 15 is 0 Å². The molecule has 1 aliphatic rings. The first-order chi connectivity index (χ1) is 11.3. The van der Waals surface area contributed by atoms with Crippen LogP contribution in [0.5, 0.6) is 0 Å². The highest BCUT2D eigenvalue weighted by Gasteiger charge is 2.20. The van der Waals surface area contributed by atoms with E-state index in [0.29, 0.717) is 6.04 Å². The third kappa shape index (κ3) is 7.34. The first-order valence-electron chi connectivity index (χ1n) is 8.99. The first kappa shape index (κ1) is 21.2. The third-order valence-electron chi connectivity index (χ3n) is 4.36. The Morgan fingerprint density at radius 1 is 1.29 bits per heavy atom. The molecule has 1 aliphatic heterocycles. The minimum Gasteiger partial charge on any atom is -0.357 e. The van der Waals surface area contributed by atoms with Crippen molar-refractivity contribution in [2.45, 2.75) is 45.6 Å². The number of aliphatic imine (C=N–C) groups is 1. The van der Waals surface area contributed by atoms with Gasteiger partial charge < -0.3 is 10.6 Å². The zero-order valence-electron chi connectivity index (χ0n) is 15.0. The van der Waals surface area contributed by atoms with Gasteiger partial charge in [0.25, 0.3) is 0 Å². The molecule has 1 atom stereocenters. The lowest BCUT2D eigenvalue weighted by Gasteiger charge is -2.33. The SMILES string of the molecule is CCNC(=NCC1CCCCN1CC)NCCc1ccccn1.I. The Bertz CT molecular complexity index is 466. The summed E-state index contributed by atoms with van der Waals surface area (Å²) < 4.78 is 0. The number of piperidine rings is 1. The highest BCUT2D eigenvalue weighted by atomic mass is 127. The van der Waals surface area contributed by atoms with Gasteiger partial charge in [-0.05, 0) is 45.0 Å². The number of hydrogen-bond acceptors (Lipinski definition) is 3. The van der Waals surface area contributed by atoms with Crippen LogP contribution >= 0.6 is 24.0 Å². The molecule has 1 aromatic heterocycles. The van der Waals surface area contributed by atoms with Crippen LogP contribution in [-0.2, 0) is 6.42 Å².